The van der Waals surface area contributed by atoms with Gasteiger partial charge in [-0.25, -0.2) is 4.98 Å². The largest absolute Gasteiger partial charge is 0.466 e. The number of H-pyrrole nitrogens is 1. The van der Waals surface area contributed by atoms with Crippen LogP contribution in [0.25, 0.3) is 0 Å². The number of rotatable bonds is 6. The highest BCUT2D eigenvalue weighted by Crippen LogP contribution is 2.39. The SMILES string of the molecule is CCC(C)c1n[nH]c(CC2C(C)CC(COC(C)=O)CC2C)n1. The smallest absolute Gasteiger partial charge is 0.302 e. The molecule has 1 heterocycles. The van der Waals surface area contributed by atoms with Crippen molar-refractivity contribution in [2.24, 2.45) is 23.7 Å². The first-order valence-electron chi connectivity index (χ1n) is 8.95. The van der Waals surface area contributed by atoms with E-state index in [1.165, 1.54) is 6.92 Å². The molecule has 0 amide bonds. The summed E-state index contributed by atoms with van der Waals surface area (Å²) in [5.74, 6) is 4.51. The molecule has 0 saturated heterocycles. The normalized spacial score (nSPS) is 29.3. The van der Waals surface area contributed by atoms with E-state index in [9.17, 15) is 4.79 Å². The van der Waals surface area contributed by atoms with E-state index >= 15 is 0 Å². The standard InChI is InChI=1S/C18H31N3O2/c1-6-11(2)18-19-17(20-21-18)9-16-12(3)7-15(8-13(16)4)10-23-14(5)22/h11-13,15-16H,6-10H2,1-5H3,(H,19,20,21). The van der Waals surface area contributed by atoms with Crippen LogP contribution in [0.1, 0.15) is 71.4 Å². The number of nitrogens with one attached hydrogen (secondary N) is 1. The van der Waals surface area contributed by atoms with Gasteiger partial charge in [-0.15, -0.1) is 0 Å². The molecule has 23 heavy (non-hydrogen) atoms. The van der Waals surface area contributed by atoms with E-state index in [1.807, 2.05) is 0 Å². The van der Waals surface area contributed by atoms with Crippen molar-refractivity contribution in [1.82, 2.24) is 15.2 Å². The molecule has 0 radical (unpaired) electrons. The molecule has 0 spiro atoms. The Bertz CT molecular complexity index is 502. The van der Waals surface area contributed by atoms with Crippen molar-refractivity contribution in [3.63, 3.8) is 0 Å². The molecule has 5 heteroatoms. The molecule has 3 atom stereocenters. The summed E-state index contributed by atoms with van der Waals surface area (Å²) in [5, 5.41) is 7.50. The van der Waals surface area contributed by atoms with Crippen LogP contribution in [0.3, 0.4) is 0 Å². The average Bonchev–Trinajstić information content (AvgIpc) is 2.96. The number of esters is 1. The molecular formula is C18H31N3O2. The second-order valence-corrected chi connectivity index (χ2v) is 7.41. The van der Waals surface area contributed by atoms with E-state index < -0.39 is 0 Å². The lowest BCUT2D eigenvalue weighted by Gasteiger charge is -2.38. The highest BCUT2D eigenvalue weighted by Gasteiger charge is 2.34. The van der Waals surface area contributed by atoms with Gasteiger partial charge in [0.15, 0.2) is 5.82 Å². The molecule has 5 nitrogen and oxygen atoms in total. The van der Waals surface area contributed by atoms with Crippen LogP contribution in [-0.4, -0.2) is 27.8 Å². The highest BCUT2D eigenvalue weighted by molar-refractivity contribution is 5.65. The van der Waals surface area contributed by atoms with Crippen LogP contribution in [0.5, 0.6) is 0 Å². The van der Waals surface area contributed by atoms with E-state index in [2.05, 4.69) is 42.9 Å². The Labute approximate surface area is 139 Å². The van der Waals surface area contributed by atoms with Gasteiger partial charge in [-0.2, -0.15) is 5.10 Å². The molecule has 130 valence electrons. The molecule has 1 aliphatic rings. The zero-order valence-electron chi connectivity index (χ0n) is 15.1. The maximum Gasteiger partial charge on any atom is 0.302 e. The van der Waals surface area contributed by atoms with Crippen molar-refractivity contribution in [2.75, 3.05) is 6.61 Å². The van der Waals surface area contributed by atoms with Gasteiger partial charge in [0, 0.05) is 19.3 Å². The summed E-state index contributed by atoms with van der Waals surface area (Å²) in [7, 11) is 0. The molecule has 2 rings (SSSR count). The van der Waals surface area contributed by atoms with Gasteiger partial charge in [0.25, 0.3) is 0 Å². The zero-order chi connectivity index (χ0) is 17.0. The van der Waals surface area contributed by atoms with Crippen molar-refractivity contribution in [3.05, 3.63) is 11.6 Å². The van der Waals surface area contributed by atoms with Gasteiger partial charge < -0.3 is 4.74 Å². The third-order valence-corrected chi connectivity index (χ3v) is 5.43. The number of nitrogens with zero attached hydrogens (tertiary/aromatic N) is 2. The van der Waals surface area contributed by atoms with Crippen molar-refractivity contribution < 1.29 is 9.53 Å². The summed E-state index contributed by atoms with van der Waals surface area (Å²) in [6.07, 6.45) is 4.26. The molecule has 1 aliphatic carbocycles. The van der Waals surface area contributed by atoms with Crippen molar-refractivity contribution in [3.8, 4) is 0 Å². The number of hydrogen-bond donors (Lipinski definition) is 1. The van der Waals surface area contributed by atoms with Crippen LogP contribution in [-0.2, 0) is 16.0 Å². The Kier molecular flexibility index (Phi) is 6.19. The second kappa shape index (κ2) is 7.93. The molecule has 0 aliphatic heterocycles. The molecule has 3 unspecified atom stereocenters. The second-order valence-electron chi connectivity index (χ2n) is 7.41. The summed E-state index contributed by atoms with van der Waals surface area (Å²) in [4.78, 5) is 15.7. The monoisotopic (exact) mass is 321 g/mol. The van der Waals surface area contributed by atoms with Crippen LogP contribution in [0, 0.1) is 23.7 Å². The Morgan fingerprint density at radius 3 is 2.57 bits per heavy atom. The first-order chi connectivity index (χ1) is 10.9. The lowest BCUT2D eigenvalue weighted by Crippen LogP contribution is -2.33. The number of ether oxygens (including phenoxy) is 1. The Balaban J connectivity index is 1.93. The molecule has 1 aromatic heterocycles. The Hall–Kier alpha value is -1.39. The molecule has 0 aromatic carbocycles. The lowest BCUT2D eigenvalue weighted by atomic mass is 9.68. The minimum absolute atomic E-state index is 0.174. The van der Waals surface area contributed by atoms with Gasteiger partial charge in [0.2, 0.25) is 0 Å². The van der Waals surface area contributed by atoms with Gasteiger partial charge in [0.1, 0.15) is 5.82 Å². The van der Waals surface area contributed by atoms with Gasteiger partial charge in [-0.3, -0.25) is 9.89 Å². The van der Waals surface area contributed by atoms with E-state index in [4.69, 9.17) is 4.74 Å². The quantitative estimate of drug-likeness (QED) is 0.811. The van der Waals surface area contributed by atoms with Gasteiger partial charge in [0.05, 0.1) is 6.61 Å². The van der Waals surface area contributed by atoms with Crippen molar-refractivity contribution in [1.29, 1.82) is 0 Å². The lowest BCUT2D eigenvalue weighted by molar-refractivity contribution is -0.143. The summed E-state index contributed by atoms with van der Waals surface area (Å²) in [6.45, 7) is 11.0. The van der Waals surface area contributed by atoms with E-state index in [1.54, 1.807) is 0 Å². The summed E-state index contributed by atoms with van der Waals surface area (Å²) >= 11 is 0. The predicted octanol–water partition coefficient (Wildman–Crippen LogP) is 3.72. The van der Waals surface area contributed by atoms with Crippen molar-refractivity contribution in [2.45, 2.75) is 66.2 Å². The molecule has 1 fully saturated rings. The maximum atomic E-state index is 11.0. The van der Waals surface area contributed by atoms with Crippen LogP contribution >= 0.6 is 0 Å². The fourth-order valence-electron chi connectivity index (χ4n) is 3.86. The summed E-state index contributed by atoms with van der Waals surface area (Å²) < 4.78 is 5.21. The minimum atomic E-state index is -0.174. The van der Waals surface area contributed by atoms with Crippen LogP contribution in [0.15, 0.2) is 0 Å². The van der Waals surface area contributed by atoms with Crippen LogP contribution in [0.2, 0.25) is 0 Å². The maximum absolute atomic E-state index is 11.0. The minimum Gasteiger partial charge on any atom is -0.466 e. The molecule has 1 N–H and O–H groups in total. The molecule has 1 aromatic rings. The molecule has 0 bridgehead atoms. The highest BCUT2D eigenvalue weighted by atomic mass is 16.5. The Morgan fingerprint density at radius 1 is 1.35 bits per heavy atom. The Morgan fingerprint density at radius 2 is 2.00 bits per heavy atom. The van der Waals surface area contributed by atoms with E-state index in [0.717, 1.165) is 37.3 Å². The van der Waals surface area contributed by atoms with Gasteiger partial charge in [-0.05, 0) is 42.9 Å². The molecular weight excluding hydrogens is 290 g/mol. The number of aromatic amines is 1. The number of hydrogen-bond acceptors (Lipinski definition) is 4. The molecule has 1 saturated carbocycles. The van der Waals surface area contributed by atoms with E-state index in [0.29, 0.717) is 36.2 Å². The summed E-state index contributed by atoms with van der Waals surface area (Å²) in [5.41, 5.74) is 0. The average molecular weight is 321 g/mol. The van der Waals surface area contributed by atoms with Gasteiger partial charge in [-0.1, -0.05) is 27.7 Å². The number of carbonyl (C=O) groups excluding carboxylic acids is 1. The van der Waals surface area contributed by atoms with Crippen molar-refractivity contribution >= 4 is 5.97 Å². The predicted molar refractivity (Wildman–Crippen MR) is 90.0 cm³/mol. The van der Waals surface area contributed by atoms with Gasteiger partial charge >= 0.3 is 5.97 Å². The summed E-state index contributed by atoms with van der Waals surface area (Å²) in [6, 6.07) is 0. The van der Waals surface area contributed by atoms with E-state index in [-0.39, 0.29) is 5.97 Å². The first kappa shape index (κ1) is 18.0. The topological polar surface area (TPSA) is 67.9 Å². The first-order valence-corrected chi connectivity index (χ1v) is 8.95. The van der Waals surface area contributed by atoms with Crippen LogP contribution in [0.4, 0.5) is 0 Å². The zero-order valence-corrected chi connectivity index (χ0v) is 15.1. The third-order valence-electron chi connectivity index (χ3n) is 5.43. The van der Waals surface area contributed by atoms with Crippen LogP contribution < -0.4 is 0 Å². The third kappa shape index (κ3) is 4.79. The number of carbonyl (C=O) groups is 1. The fraction of sp³-hybridized carbons (Fsp3) is 0.833. The number of aromatic nitrogens is 3. The fourth-order valence-corrected chi connectivity index (χ4v) is 3.86.